The Labute approximate surface area is 140 Å². The summed E-state index contributed by atoms with van der Waals surface area (Å²) in [6.07, 6.45) is 0.922. The number of rotatable bonds is 6. The molecule has 1 N–H and O–H groups in total. The molecule has 2 heteroatoms. The highest BCUT2D eigenvalue weighted by molar-refractivity contribution is 5.16. The maximum Gasteiger partial charge on any atom is 0.155 e. The Kier molecular flexibility index (Phi) is 4.84. The standard InChI is InChI=1S/C21H28NO/c1-17(2)13-20-21(23)16-22(20,14-18-9-5-3-6-10-18)15-19-11-7-4-8-12-19/h3-12,17,20-21,23H,13-16H2,1-2H3/q+1/t20-,21+/m0/s1. The van der Waals surface area contributed by atoms with Crippen molar-refractivity contribution in [3.05, 3.63) is 71.8 Å². The van der Waals surface area contributed by atoms with E-state index in [9.17, 15) is 5.11 Å². The molecule has 2 nitrogen and oxygen atoms in total. The minimum absolute atomic E-state index is 0.162. The van der Waals surface area contributed by atoms with E-state index in [4.69, 9.17) is 0 Å². The Hall–Kier alpha value is -1.64. The van der Waals surface area contributed by atoms with Crippen molar-refractivity contribution < 1.29 is 9.59 Å². The quantitative estimate of drug-likeness (QED) is 0.800. The molecular weight excluding hydrogens is 282 g/mol. The van der Waals surface area contributed by atoms with Crippen LogP contribution in [0.5, 0.6) is 0 Å². The third-order valence-corrected chi connectivity index (χ3v) is 5.09. The van der Waals surface area contributed by atoms with Crippen molar-refractivity contribution in [1.82, 2.24) is 0 Å². The molecule has 2 aromatic rings. The maximum absolute atomic E-state index is 10.4. The highest BCUT2D eigenvalue weighted by Gasteiger charge is 2.53. The molecule has 0 saturated carbocycles. The summed E-state index contributed by atoms with van der Waals surface area (Å²) in [5, 5.41) is 10.4. The second-order valence-corrected chi connectivity index (χ2v) is 7.45. The summed E-state index contributed by atoms with van der Waals surface area (Å²) in [4.78, 5) is 0. The van der Waals surface area contributed by atoms with Crippen molar-refractivity contribution in [2.45, 2.75) is 45.5 Å². The van der Waals surface area contributed by atoms with Gasteiger partial charge in [0.15, 0.2) is 6.10 Å². The predicted octanol–water partition coefficient (Wildman–Crippen LogP) is 3.99. The average Bonchev–Trinajstić information content (AvgIpc) is 2.54. The highest BCUT2D eigenvalue weighted by atomic mass is 16.3. The second-order valence-electron chi connectivity index (χ2n) is 7.45. The monoisotopic (exact) mass is 310 g/mol. The van der Waals surface area contributed by atoms with Crippen LogP contribution in [0.3, 0.4) is 0 Å². The molecular formula is C21H28NO+. The minimum atomic E-state index is -0.162. The predicted molar refractivity (Wildman–Crippen MR) is 94.7 cm³/mol. The summed E-state index contributed by atoms with van der Waals surface area (Å²) in [5.41, 5.74) is 2.73. The summed E-state index contributed by atoms with van der Waals surface area (Å²) in [5.74, 6) is 0.610. The fourth-order valence-corrected chi connectivity index (χ4v) is 4.03. The van der Waals surface area contributed by atoms with E-state index in [1.165, 1.54) is 11.1 Å². The molecule has 0 radical (unpaired) electrons. The highest BCUT2D eigenvalue weighted by Crippen LogP contribution is 2.38. The summed E-state index contributed by atoms with van der Waals surface area (Å²) in [7, 11) is 0. The van der Waals surface area contributed by atoms with Crippen LogP contribution in [-0.2, 0) is 13.1 Å². The van der Waals surface area contributed by atoms with E-state index in [1.807, 2.05) is 0 Å². The lowest BCUT2D eigenvalue weighted by Gasteiger charge is -2.56. The van der Waals surface area contributed by atoms with Gasteiger partial charge in [0.25, 0.3) is 0 Å². The van der Waals surface area contributed by atoms with Crippen LogP contribution in [0.4, 0.5) is 0 Å². The largest absolute Gasteiger partial charge is 0.381 e. The molecule has 122 valence electrons. The molecule has 1 aliphatic rings. The Morgan fingerprint density at radius 3 is 1.78 bits per heavy atom. The third-order valence-electron chi connectivity index (χ3n) is 5.09. The van der Waals surface area contributed by atoms with Gasteiger partial charge in [0.1, 0.15) is 25.7 Å². The van der Waals surface area contributed by atoms with Crippen LogP contribution in [0.1, 0.15) is 31.4 Å². The van der Waals surface area contributed by atoms with E-state index in [0.717, 1.165) is 30.5 Å². The Morgan fingerprint density at radius 2 is 1.39 bits per heavy atom. The molecule has 0 aliphatic carbocycles. The van der Waals surface area contributed by atoms with Gasteiger partial charge < -0.3 is 9.59 Å². The van der Waals surface area contributed by atoms with Crippen LogP contribution in [-0.4, -0.2) is 28.3 Å². The van der Waals surface area contributed by atoms with E-state index >= 15 is 0 Å². The molecule has 1 aliphatic heterocycles. The second kappa shape index (κ2) is 6.86. The smallest absolute Gasteiger partial charge is 0.155 e. The molecule has 1 heterocycles. The number of aliphatic hydroxyl groups is 1. The number of nitrogens with zero attached hydrogens (tertiary/aromatic N) is 1. The summed E-state index contributed by atoms with van der Waals surface area (Å²) >= 11 is 0. The van der Waals surface area contributed by atoms with E-state index < -0.39 is 0 Å². The molecule has 0 bridgehead atoms. The van der Waals surface area contributed by atoms with E-state index in [-0.39, 0.29) is 6.10 Å². The van der Waals surface area contributed by atoms with Crippen LogP contribution in [0, 0.1) is 5.92 Å². The van der Waals surface area contributed by atoms with E-state index in [2.05, 4.69) is 74.5 Å². The summed E-state index contributed by atoms with van der Waals surface area (Å²) in [6, 6.07) is 21.8. The van der Waals surface area contributed by atoms with Crippen molar-refractivity contribution in [3.63, 3.8) is 0 Å². The van der Waals surface area contributed by atoms with Crippen molar-refractivity contribution in [1.29, 1.82) is 0 Å². The van der Waals surface area contributed by atoms with Gasteiger partial charge in [0.2, 0.25) is 0 Å². The molecule has 3 rings (SSSR count). The van der Waals surface area contributed by atoms with Crippen LogP contribution in [0.15, 0.2) is 60.7 Å². The number of benzene rings is 2. The lowest BCUT2D eigenvalue weighted by molar-refractivity contribution is -1.02. The summed E-state index contributed by atoms with van der Waals surface area (Å²) in [6.45, 7) is 7.38. The van der Waals surface area contributed by atoms with Gasteiger partial charge in [-0.25, -0.2) is 0 Å². The Bertz CT molecular complexity index is 567. The zero-order valence-corrected chi connectivity index (χ0v) is 14.2. The van der Waals surface area contributed by atoms with Gasteiger partial charge in [-0.2, -0.15) is 0 Å². The maximum atomic E-state index is 10.4. The molecule has 1 saturated heterocycles. The number of quaternary nitrogens is 1. The number of hydrogen-bond donors (Lipinski definition) is 1. The topological polar surface area (TPSA) is 20.2 Å². The number of likely N-dealkylation sites (tertiary alicyclic amines) is 1. The fraction of sp³-hybridized carbons (Fsp3) is 0.429. The third kappa shape index (κ3) is 3.65. The first-order chi connectivity index (χ1) is 11.1. The van der Waals surface area contributed by atoms with E-state index in [1.54, 1.807) is 0 Å². The summed E-state index contributed by atoms with van der Waals surface area (Å²) < 4.78 is 0.980. The van der Waals surface area contributed by atoms with Gasteiger partial charge in [0, 0.05) is 17.5 Å². The van der Waals surface area contributed by atoms with Gasteiger partial charge in [-0.15, -0.1) is 0 Å². The fourth-order valence-electron chi connectivity index (χ4n) is 4.03. The minimum Gasteiger partial charge on any atom is -0.381 e. The average molecular weight is 310 g/mol. The Balaban J connectivity index is 1.86. The van der Waals surface area contributed by atoms with Gasteiger partial charge in [-0.05, 0) is 5.92 Å². The van der Waals surface area contributed by atoms with Gasteiger partial charge in [-0.3, -0.25) is 0 Å². The van der Waals surface area contributed by atoms with Crippen molar-refractivity contribution in [2.24, 2.45) is 5.92 Å². The molecule has 2 aromatic carbocycles. The zero-order chi connectivity index (χ0) is 16.3. The van der Waals surface area contributed by atoms with E-state index in [0.29, 0.717) is 12.0 Å². The van der Waals surface area contributed by atoms with Crippen molar-refractivity contribution in [2.75, 3.05) is 6.54 Å². The van der Waals surface area contributed by atoms with Crippen LogP contribution in [0.2, 0.25) is 0 Å². The molecule has 0 aromatic heterocycles. The van der Waals surface area contributed by atoms with Crippen molar-refractivity contribution in [3.8, 4) is 0 Å². The van der Waals surface area contributed by atoms with Crippen molar-refractivity contribution >= 4 is 0 Å². The van der Waals surface area contributed by atoms with Crippen LogP contribution >= 0.6 is 0 Å². The molecule has 0 amide bonds. The lowest BCUT2D eigenvalue weighted by atomic mass is 9.85. The SMILES string of the molecule is CC(C)C[C@H]1[C@H](O)C[N+]1(Cc1ccccc1)Cc1ccccc1. The van der Waals surface area contributed by atoms with Gasteiger partial charge in [0.05, 0.1) is 0 Å². The first kappa shape index (κ1) is 16.2. The van der Waals surface area contributed by atoms with Gasteiger partial charge in [-0.1, -0.05) is 74.5 Å². The molecule has 0 unspecified atom stereocenters. The van der Waals surface area contributed by atoms with Crippen LogP contribution < -0.4 is 0 Å². The lowest BCUT2D eigenvalue weighted by Crippen LogP contribution is -2.72. The zero-order valence-electron chi connectivity index (χ0n) is 14.2. The Morgan fingerprint density at radius 1 is 0.913 bits per heavy atom. The normalized spacial score (nSPS) is 22.8. The molecule has 1 fully saturated rings. The molecule has 23 heavy (non-hydrogen) atoms. The first-order valence-electron chi connectivity index (χ1n) is 8.71. The molecule has 0 spiro atoms. The van der Waals surface area contributed by atoms with Gasteiger partial charge >= 0.3 is 0 Å². The first-order valence-corrected chi connectivity index (χ1v) is 8.71. The number of hydrogen-bond acceptors (Lipinski definition) is 1. The molecule has 2 atom stereocenters. The number of aliphatic hydroxyl groups excluding tert-OH is 1. The van der Waals surface area contributed by atoms with Crippen LogP contribution in [0.25, 0.3) is 0 Å².